The minimum atomic E-state index is -4.15. The lowest BCUT2D eigenvalue weighted by Gasteiger charge is -2.14. The van der Waals surface area contributed by atoms with Crippen molar-refractivity contribution in [3.05, 3.63) is 60.7 Å². The molecule has 158 valence electrons. The lowest BCUT2D eigenvalue weighted by atomic mass is 10.0. The van der Waals surface area contributed by atoms with Crippen LogP contribution < -0.4 is 10.5 Å². The smallest absolute Gasteiger partial charge is 0.321 e. The van der Waals surface area contributed by atoms with Gasteiger partial charge < -0.3 is 10.8 Å². The number of benzene rings is 2. The Morgan fingerprint density at radius 3 is 2.43 bits per heavy atom. The molecule has 4 N–H and O–H groups in total. The van der Waals surface area contributed by atoms with Gasteiger partial charge in [0.15, 0.2) is 0 Å². The number of rotatable bonds is 6. The van der Waals surface area contributed by atoms with Crippen molar-refractivity contribution in [1.82, 2.24) is 14.7 Å². The molecule has 0 aliphatic heterocycles. The van der Waals surface area contributed by atoms with Gasteiger partial charge in [-0.05, 0) is 30.7 Å². The maximum Gasteiger partial charge on any atom is 0.321 e. The maximum absolute atomic E-state index is 14.7. The first-order valence-corrected chi connectivity index (χ1v) is 9.89. The van der Waals surface area contributed by atoms with Gasteiger partial charge in [0, 0.05) is 11.1 Å². The van der Waals surface area contributed by atoms with Crippen molar-refractivity contribution in [3.8, 4) is 22.4 Å². The van der Waals surface area contributed by atoms with E-state index in [1.165, 1.54) is 49.6 Å². The van der Waals surface area contributed by atoms with E-state index in [1.54, 1.807) is 12.1 Å². The Hall–Kier alpha value is -3.02. The number of anilines is 1. The maximum atomic E-state index is 14.7. The van der Waals surface area contributed by atoms with Gasteiger partial charge in [-0.25, -0.2) is 17.8 Å². The number of nitrogen functional groups attached to an aromatic ring is 1. The second-order valence-corrected chi connectivity index (χ2v) is 7.88. The van der Waals surface area contributed by atoms with E-state index in [0.717, 1.165) is 0 Å². The number of hydrogen-bond donors (Lipinski definition) is 3. The van der Waals surface area contributed by atoms with E-state index in [0.29, 0.717) is 5.56 Å². The fraction of sp³-hybridized carbons (Fsp3) is 0.105. The molecule has 0 saturated carbocycles. The molecule has 3 aromatic rings. The Kier molecular flexibility index (Phi) is 7.13. The second kappa shape index (κ2) is 9.20. The Bertz CT molecular complexity index is 1170. The minimum Gasteiger partial charge on any atom is -0.480 e. The summed E-state index contributed by atoms with van der Waals surface area (Å²) in [6, 6.07) is 8.80. The molecule has 11 heteroatoms. The first kappa shape index (κ1) is 23.3. The van der Waals surface area contributed by atoms with Crippen molar-refractivity contribution in [2.75, 3.05) is 5.73 Å². The quantitative estimate of drug-likeness (QED) is 0.525. The molecule has 0 saturated heterocycles. The van der Waals surface area contributed by atoms with E-state index in [2.05, 4.69) is 14.7 Å². The lowest BCUT2D eigenvalue weighted by molar-refractivity contribution is -0.138. The van der Waals surface area contributed by atoms with Crippen molar-refractivity contribution in [3.63, 3.8) is 0 Å². The Balaban J connectivity index is 0.00000320. The number of carbonyl (C=O) groups is 1. The number of aromatic nitrogens is 2. The summed E-state index contributed by atoms with van der Waals surface area (Å²) in [5, 5.41) is 8.98. The molecule has 8 nitrogen and oxygen atoms in total. The van der Waals surface area contributed by atoms with Gasteiger partial charge in [0.2, 0.25) is 10.0 Å². The van der Waals surface area contributed by atoms with Gasteiger partial charge in [0.25, 0.3) is 0 Å². The topological polar surface area (TPSA) is 135 Å². The summed E-state index contributed by atoms with van der Waals surface area (Å²) in [5.41, 5.74) is 6.48. The van der Waals surface area contributed by atoms with E-state index < -0.39 is 27.9 Å². The number of hydrogen-bond acceptors (Lipinski definition) is 6. The Morgan fingerprint density at radius 2 is 1.83 bits per heavy atom. The Labute approximate surface area is 179 Å². The average Bonchev–Trinajstić information content (AvgIpc) is 2.68. The molecule has 1 atom stereocenters. The molecule has 0 unspecified atom stereocenters. The van der Waals surface area contributed by atoms with Crippen molar-refractivity contribution in [2.45, 2.75) is 17.9 Å². The highest BCUT2D eigenvalue weighted by Gasteiger charge is 2.24. The molecule has 3 rings (SSSR count). The van der Waals surface area contributed by atoms with E-state index >= 15 is 0 Å². The van der Waals surface area contributed by atoms with Crippen LogP contribution in [-0.4, -0.2) is 35.5 Å². The van der Waals surface area contributed by atoms with Gasteiger partial charge in [0.1, 0.15) is 17.7 Å². The van der Waals surface area contributed by atoms with Crippen LogP contribution in [0.3, 0.4) is 0 Å². The third-order valence-corrected chi connectivity index (χ3v) is 5.71. The molecule has 0 aliphatic rings. The van der Waals surface area contributed by atoms with Crippen LogP contribution in [0.5, 0.6) is 0 Å². The van der Waals surface area contributed by atoms with E-state index in [4.69, 9.17) is 10.8 Å². The summed E-state index contributed by atoms with van der Waals surface area (Å²) in [5.74, 6) is -1.74. The first-order chi connectivity index (χ1) is 13.7. The van der Waals surface area contributed by atoms with Crippen molar-refractivity contribution < 1.29 is 22.7 Å². The molecule has 0 radical (unpaired) electrons. The molecule has 2 aromatic carbocycles. The second-order valence-electron chi connectivity index (χ2n) is 6.20. The number of sulfonamides is 1. The van der Waals surface area contributed by atoms with Gasteiger partial charge in [0.05, 0.1) is 23.0 Å². The van der Waals surface area contributed by atoms with E-state index in [9.17, 15) is 17.6 Å². The zero-order valence-corrected chi connectivity index (χ0v) is 17.5. The summed E-state index contributed by atoms with van der Waals surface area (Å²) in [6.07, 6.45) is 2.64. The molecule has 30 heavy (non-hydrogen) atoms. The highest BCUT2D eigenvalue weighted by molar-refractivity contribution is 7.89. The van der Waals surface area contributed by atoms with E-state index in [-0.39, 0.29) is 41.0 Å². The van der Waals surface area contributed by atoms with E-state index in [1.807, 2.05) is 0 Å². The van der Waals surface area contributed by atoms with Crippen molar-refractivity contribution in [1.29, 1.82) is 0 Å². The summed E-state index contributed by atoms with van der Waals surface area (Å²) in [7, 11) is -4.15. The lowest BCUT2D eigenvalue weighted by Crippen LogP contribution is -2.38. The van der Waals surface area contributed by atoms with Crippen LogP contribution in [0, 0.1) is 5.82 Å². The minimum absolute atomic E-state index is 0. The monoisotopic (exact) mass is 450 g/mol. The number of halogens is 1. The standard InChI is InChI=1S/C19H17FN4O4S.H2S/c1-11(19(25)26)24-29(27,28)17-5-3-2-4-13(17)12-6-7-14(15(20)8-12)16-9-23-18(21)10-22-16;/h2-11,24H,1H3,(H2,21,23)(H,25,26);1H2/t11-;/m0./s1. The molecular formula is C19H19FN4O4S2. The summed E-state index contributed by atoms with van der Waals surface area (Å²) in [4.78, 5) is 18.8. The predicted molar refractivity (Wildman–Crippen MR) is 115 cm³/mol. The zero-order valence-electron chi connectivity index (χ0n) is 15.7. The van der Waals surface area contributed by atoms with Gasteiger partial charge in [-0.1, -0.05) is 24.3 Å². The van der Waals surface area contributed by atoms with Gasteiger partial charge in [-0.2, -0.15) is 18.2 Å². The number of carboxylic acid groups (broad SMARTS) is 1. The van der Waals surface area contributed by atoms with Crippen LogP contribution in [0.1, 0.15) is 6.92 Å². The Morgan fingerprint density at radius 1 is 1.13 bits per heavy atom. The number of nitrogens with two attached hydrogens (primary N) is 1. The largest absolute Gasteiger partial charge is 0.480 e. The molecule has 1 aromatic heterocycles. The highest BCUT2D eigenvalue weighted by Crippen LogP contribution is 2.31. The number of carboxylic acids is 1. The fourth-order valence-corrected chi connectivity index (χ4v) is 4.08. The fourth-order valence-electron chi connectivity index (χ4n) is 2.65. The van der Waals surface area contributed by atoms with Crippen molar-refractivity contribution in [2.24, 2.45) is 0 Å². The number of nitrogens with one attached hydrogen (secondary N) is 1. The molecule has 0 spiro atoms. The third-order valence-electron chi connectivity index (χ3n) is 4.11. The number of nitrogens with zero attached hydrogens (tertiary/aromatic N) is 2. The van der Waals surface area contributed by atoms with Crippen LogP contribution >= 0.6 is 13.5 Å². The van der Waals surface area contributed by atoms with Crippen molar-refractivity contribution >= 4 is 35.3 Å². The summed E-state index contributed by atoms with van der Waals surface area (Å²) in [6.45, 7) is 1.21. The average molecular weight is 451 g/mol. The molecule has 0 bridgehead atoms. The normalized spacial score (nSPS) is 12.1. The zero-order chi connectivity index (χ0) is 21.2. The highest BCUT2D eigenvalue weighted by atomic mass is 32.2. The van der Waals surface area contributed by atoms with Crippen LogP contribution in [0.25, 0.3) is 22.4 Å². The summed E-state index contributed by atoms with van der Waals surface area (Å²) >= 11 is 0. The van der Waals surface area contributed by atoms with Gasteiger partial charge >= 0.3 is 5.97 Å². The molecule has 0 aliphatic carbocycles. The molecular weight excluding hydrogens is 431 g/mol. The summed E-state index contributed by atoms with van der Waals surface area (Å²) < 4.78 is 42.1. The number of aliphatic carboxylic acids is 1. The van der Waals surface area contributed by atoms with Crippen LogP contribution in [-0.2, 0) is 14.8 Å². The van der Waals surface area contributed by atoms with Crippen LogP contribution in [0.2, 0.25) is 0 Å². The first-order valence-electron chi connectivity index (χ1n) is 8.41. The van der Waals surface area contributed by atoms with Crippen LogP contribution in [0.4, 0.5) is 10.2 Å². The molecule has 0 amide bonds. The van der Waals surface area contributed by atoms with Gasteiger partial charge in [-0.15, -0.1) is 0 Å². The van der Waals surface area contributed by atoms with Crippen LogP contribution in [0.15, 0.2) is 59.8 Å². The molecule has 0 fully saturated rings. The SMILES string of the molecule is C[C@H](NS(=O)(=O)c1ccccc1-c1ccc(-c2cnc(N)cn2)c(F)c1)C(=O)O.S. The van der Waals surface area contributed by atoms with Gasteiger partial charge in [-0.3, -0.25) is 9.78 Å². The predicted octanol–water partition coefficient (Wildman–Crippen LogP) is 2.40. The third kappa shape index (κ3) is 4.93. The molecule has 1 heterocycles.